The predicted molar refractivity (Wildman–Crippen MR) is 83.3 cm³/mol. The first kappa shape index (κ1) is 15.6. The Hall–Kier alpha value is -0.470. The highest BCUT2D eigenvalue weighted by Crippen LogP contribution is 2.21. The Bertz CT molecular complexity index is 329. The Kier molecular flexibility index (Phi) is 6.80. The average Bonchev–Trinajstić information content (AvgIpc) is 2.40. The van der Waals surface area contributed by atoms with Gasteiger partial charge >= 0.3 is 0 Å². The van der Waals surface area contributed by atoms with Crippen molar-refractivity contribution in [3.63, 3.8) is 0 Å². The van der Waals surface area contributed by atoms with E-state index in [-0.39, 0.29) is 0 Å². The maximum atomic E-state index is 3.73. The Morgan fingerprint density at radius 3 is 2.06 bits per heavy atom. The number of thioether (sulfide) groups is 1. The molecule has 0 saturated carbocycles. The fourth-order valence-corrected chi connectivity index (χ4v) is 2.92. The van der Waals surface area contributed by atoms with E-state index in [0.29, 0.717) is 12.1 Å². The van der Waals surface area contributed by atoms with E-state index < -0.39 is 0 Å². The Morgan fingerprint density at radius 1 is 1.06 bits per heavy atom. The van der Waals surface area contributed by atoms with Crippen LogP contribution in [0.15, 0.2) is 29.2 Å². The van der Waals surface area contributed by atoms with Crippen molar-refractivity contribution in [2.75, 3.05) is 6.26 Å². The van der Waals surface area contributed by atoms with Gasteiger partial charge in [0.25, 0.3) is 0 Å². The molecule has 0 spiro atoms. The Morgan fingerprint density at radius 2 is 1.61 bits per heavy atom. The Balaban J connectivity index is 2.60. The minimum Gasteiger partial charge on any atom is -0.307 e. The van der Waals surface area contributed by atoms with Gasteiger partial charge in [0.1, 0.15) is 0 Å². The van der Waals surface area contributed by atoms with E-state index in [2.05, 4.69) is 63.5 Å². The highest BCUT2D eigenvalue weighted by Gasteiger charge is 2.16. The number of hydrogen-bond donors (Lipinski definition) is 1. The third kappa shape index (κ3) is 4.33. The molecule has 1 aromatic rings. The molecule has 1 nitrogen and oxygen atoms in total. The largest absolute Gasteiger partial charge is 0.307 e. The molecule has 2 unspecified atom stereocenters. The standard InChI is InChI=1S/C16H27NS/c1-6-14(7-2)12(3)17-13(4)15-8-10-16(18-5)11-9-15/h8-14,17H,6-7H2,1-5H3. The number of nitrogens with one attached hydrogen (secondary N) is 1. The molecule has 0 aliphatic heterocycles. The smallest absolute Gasteiger partial charge is 0.0294 e. The molecule has 1 aromatic carbocycles. The van der Waals surface area contributed by atoms with Crippen LogP contribution in [-0.4, -0.2) is 12.3 Å². The topological polar surface area (TPSA) is 12.0 Å². The van der Waals surface area contributed by atoms with Gasteiger partial charge in [-0.2, -0.15) is 0 Å². The van der Waals surface area contributed by atoms with E-state index in [4.69, 9.17) is 0 Å². The zero-order valence-electron chi connectivity index (χ0n) is 12.4. The lowest BCUT2D eigenvalue weighted by Crippen LogP contribution is -2.34. The fourth-order valence-electron chi connectivity index (χ4n) is 2.52. The quantitative estimate of drug-likeness (QED) is 0.705. The summed E-state index contributed by atoms with van der Waals surface area (Å²) in [5.74, 6) is 0.776. The summed E-state index contributed by atoms with van der Waals surface area (Å²) in [4.78, 5) is 1.33. The van der Waals surface area contributed by atoms with Crippen molar-refractivity contribution in [1.82, 2.24) is 5.32 Å². The molecular weight excluding hydrogens is 238 g/mol. The molecule has 0 fully saturated rings. The van der Waals surface area contributed by atoms with Gasteiger partial charge in [-0.15, -0.1) is 11.8 Å². The first-order valence-corrected chi connectivity index (χ1v) is 8.24. The average molecular weight is 265 g/mol. The van der Waals surface area contributed by atoms with Crippen molar-refractivity contribution in [1.29, 1.82) is 0 Å². The monoisotopic (exact) mass is 265 g/mol. The maximum absolute atomic E-state index is 3.73. The number of benzene rings is 1. The van der Waals surface area contributed by atoms with Crippen LogP contribution in [0.3, 0.4) is 0 Å². The lowest BCUT2D eigenvalue weighted by molar-refractivity contribution is 0.330. The highest BCUT2D eigenvalue weighted by atomic mass is 32.2. The van der Waals surface area contributed by atoms with Crippen LogP contribution in [0, 0.1) is 5.92 Å². The zero-order chi connectivity index (χ0) is 13.5. The summed E-state index contributed by atoms with van der Waals surface area (Å²) < 4.78 is 0. The molecule has 2 atom stereocenters. The third-order valence-electron chi connectivity index (χ3n) is 3.88. The molecule has 0 aromatic heterocycles. The van der Waals surface area contributed by atoms with Crippen molar-refractivity contribution in [3.8, 4) is 0 Å². The predicted octanol–water partition coefficient (Wildman–Crippen LogP) is 4.88. The molecule has 102 valence electrons. The molecule has 0 bridgehead atoms. The molecule has 0 saturated heterocycles. The molecule has 2 heteroatoms. The minimum atomic E-state index is 0.427. The van der Waals surface area contributed by atoms with Crippen molar-refractivity contribution in [2.45, 2.75) is 57.5 Å². The first-order chi connectivity index (χ1) is 8.62. The molecule has 0 aliphatic rings. The van der Waals surface area contributed by atoms with Gasteiger partial charge in [0, 0.05) is 17.0 Å². The van der Waals surface area contributed by atoms with Gasteiger partial charge in [0.05, 0.1) is 0 Å². The molecule has 1 rings (SSSR count). The summed E-state index contributed by atoms with van der Waals surface area (Å²) >= 11 is 1.79. The van der Waals surface area contributed by atoms with Gasteiger partial charge in [-0.1, -0.05) is 38.8 Å². The van der Waals surface area contributed by atoms with Gasteiger partial charge in [-0.25, -0.2) is 0 Å². The van der Waals surface area contributed by atoms with E-state index in [9.17, 15) is 0 Å². The van der Waals surface area contributed by atoms with E-state index in [0.717, 1.165) is 5.92 Å². The van der Waals surface area contributed by atoms with Crippen molar-refractivity contribution < 1.29 is 0 Å². The van der Waals surface area contributed by atoms with E-state index >= 15 is 0 Å². The van der Waals surface area contributed by atoms with E-state index in [1.807, 2.05) is 0 Å². The van der Waals surface area contributed by atoms with Gasteiger partial charge in [0.2, 0.25) is 0 Å². The summed E-state index contributed by atoms with van der Waals surface area (Å²) in [6.45, 7) is 9.13. The van der Waals surface area contributed by atoms with Crippen LogP contribution in [0.2, 0.25) is 0 Å². The number of rotatable bonds is 7. The summed E-state index contributed by atoms with van der Waals surface area (Å²) in [5.41, 5.74) is 1.38. The maximum Gasteiger partial charge on any atom is 0.0294 e. The molecule has 0 radical (unpaired) electrons. The van der Waals surface area contributed by atoms with Crippen LogP contribution >= 0.6 is 11.8 Å². The Labute approximate surface area is 117 Å². The molecule has 0 heterocycles. The van der Waals surface area contributed by atoms with Crippen LogP contribution in [0.5, 0.6) is 0 Å². The van der Waals surface area contributed by atoms with Gasteiger partial charge in [-0.05, 0) is 43.7 Å². The van der Waals surface area contributed by atoms with Crippen LogP contribution in [0.4, 0.5) is 0 Å². The molecular formula is C16H27NS. The van der Waals surface area contributed by atoms with Crippen molar-refractivity contribution in [2.24, 2.45) is 5.92 Å². The summed E-state index contributed by atoms with van der Waals surface area (Å²) in [7, 11) is 0. The van der Waals surface area contributed by atoms with E-state index in [1.54, 1.807) is 11.8 Å². The molecule has 1 N–H and O–H groups in total. The van der Waals surface area contributed by atoms with Gasteiger partial charge in [0.15, 0.2) is 0 Å². The van der Waals surface area contributed by atoms with Crippen molar-refractivity contribution >= 4 is 11.8 Å². The lowest BCUT2D eigenvalue weighted by atomic mass is 9.94. The molecule has 0 amide bonds. The normalized spacial score (nSPS) is 14.8. The second-order valence-corrected chi connectivity index (χ2v) is 5.91. The second kappa shape index (κ2) is 7.85. The number of hydrogen-bond acceptors (Lipinski definition) is 2. The second-order valence-electron chi connectivity index (χ2n) is 5.03. The summed E-state index contributed by atoms with van der Waals surface area (Å²) in [6, 6.07) is 9.90. The van der Waals surface area contributed by atoms with Gasteiger partial charge < -0.3 is 5.32 Å². The molecule has 18 heavy (non-hydrogen) atoms. The highest BCUT2D eigenvalue weighted by molar-refractivity contribution is 7.98. The summed E-state index contributed by atoms with van der Waals surface area (Å²) in [5, 5.41) is 3.73. The fraction of sp³-hybridized carbons (Fsp3) is 0.625. The van der Waals surface area contributed by atoms with E-state index in [1.165, 1.54) is 23.3 Å². The zero-order valence-corrected chi connectivity index (χ0v) is 13.2. The summed E-state index contributed by atoms with van der Waals surface area (Å²) in [6.07, 6.45) is 4.62. The van der Waals surface area contributed by atoms with Crippen LogP contribution in [0.1, 0.15) is 52.1 Å². The SMILES string of the molecule is CCC(CC)C(C)NC(C)c1ccc(SC)cc1. The lowest BCUT2D eigenvalue weighted by Gasteiger charge is -2.26. The van der Waals surface area contributed by atoms with Gasteiger partial charge in [-0.3, -0.25) is 0 Å². The first-order valence-electron chi connectivity index (χ1n) is 7.02. The van der Waals surface area contributed by atoms with Crippen LogP contribution in [-0.2, 0) is 0 Å². The molecule has 0 aliphatic carbocycles. The van der Waals surface area contributed by atoms with Crippen LogP contribution in [0.25, 0.3) is 0 Å². The third-order valence-corrected chi connectivity index (χ3v) is 4.63. The van der Waals surface area contributed by atoms with Crippen molar-refractivity contribution in [3.05, 3.63) is 29.8 Å². The minimum absolute atomic E-state index is 0.427. The van der Waals surface area contributed by atoms with Crippen LogP contribution < -0.4 is 5.32 Å².